The Hall–Kier alpha value is -1.39. The molecule has 0 bridgehead atoms. The second-order valence-corrected chi connectivity index (χ2v) is 13.4. The number of aliphatic hydroxyl groups is 1. The Morgan fingerprint density at radius 3 is 2.54 bits per heavy atom. The highest BCUT2D eigenvalue weighted by atomic mass is 16.3. The van der Waals surface area contributed by atoms with Crippen molar-refractivity contribution in [3.8, 4) is 0 Å². The number of aliphatic hydroxyl groups excluding tert-OH is 1. The molecular formula is C31H47N3O. The molecule has 4 nitrogen and oxygen atoms in total. The summed E-state index contributed by atoms with van der Waals surface area (Å²) in [7, 11) is 0. The van der Waals surface area contributed by atoms with Gasteiger partial charge in [0.1, 0.15) is 0 Å². The van der Waals surface area contributed by atoms with Crippen LogP contribution >= 0.6 is 0 Å². The van der Waals surface area contributed by atoms with Crippen molar-refractivity contribution in [1.29, 1.82) is 0 Å². The van der Waals surface area contributed by atoms with Crippen molar-refractivity contribution in [3.63, 3.8) is 0 Å². The van der Waals surface area contributed by atoms with E-state index in [1.165, 1.54) is 63.8 Å². The third kappa shape index (κ3) is 4.07. The van der Waals surface area contributed by atoms with Gasteiger partial charge in [-0.2, -0.15) is 0 Å². The standard InChI is InChI=1S/C31H47N3O/c1-22(21-33-16-18-34(19-17-33)24-10-14-32-15-11-24)27-6-7-28-26-5-4-23-20-25(35)8-12-30(23,2)29(26)9-13-31(27,28)3/h4,10-11,14-15,22,25-29,35H,5-9,12-13,16-21H2,1-3H3/t22-,25+,26?,27-,28?,29?,30+,31-/m1/s1. The summed E-state index contributed by atoms with van der Waals surface area (Å²) in [5.74, 6) is 4.28. The molecule has 0 spiro atoms. The van der Waals surface area contributed by atoms with E-state index in [0.29, 0.717) is 10.8 Å². The number of nitrogens with zero attached hydrogens (tertiary/aromatic N) is 3. The third-order valence-electron chi connectivity index (χ3n) is 11.8. The molecule has 5 aliphatic rings. The van der Waals surface area contributed by atoms with Gasteiger partial charge in [-0.1, -0.05) is 32.4 Å². The first kappa shape index (κ1) is 24.0. The van der Waals surface area contributed by atoms with Crippen molar-refractivity contribution < 1.29 is 5.11 Å². The van der Waals surface area contributed by atoms with Gasteiger partial charge in [-0.15, -0.1) is 0 Å². The van der Waals surface area contributed by atoms with Crippen LogP contribution in [0.2, 0.25) is 0 Å². The maximum atomic E-state index is 10.3. The summed E-state index contributed by atoms with van der Waals surface area (Å²) in [5, 5.41) is 10.3. The molecular weight excluding hydrogens is 430 g/mol. The van der Waals surface area contributed by atoms with E-state index in [0.717, 1.165) is 55.5 Å². The first-order chi connectivity index (χ1) is 16.9. The molecule has 3 unspecified atom stereocenters. The van der Waals surface area contributed by atoms with Crippen molar-refractivity contribution in [2.75, 3.05) is 37.6 Å². The fraction of sp³-hybridized carbons (Fsp3) is 0.774. The average molecular weight is 478 g/mol. The lowest BCUT2D eigenvalue weighted by Crippen LogP contribution is -2.52. The van der Waals surface area contributed by atoms with Crippen molar-refractivity contribution in [2.45, 2.75) is 78.2 Å². The number of rotatable bonds is 4. The highest BCUT2D eigenvalue weighted by molar-refractivity contribution is 5.45. The smallest absolute Gasteiger partial charge is 0.0577 e. The van der Waals surface area contributed by atoms with Crippen LogP contribution in [0.3, 0.4) is 0 Å². The molecule has 192 valence electrons. The SMILES string of the molecule is C[C@H](CN1CCN(c2ccncc2)CC1)[C@H]1CCC2C3CC=C4C[C@@H](O)CC[C@]4(C)C3CC[C@@]21C. The molecule has 8 atom stereocenters. The van der Waals surface area contributed by atoms with Gasteiger partial charge in [0.25, 0.3) is 0 Å². The Morgan fingerprint density at radius 2 is 1.77 bits per heavy atom. The molecule has 1 aromatic rings. The summed E-state index contributed by atoms with van der Waals surface area (Å²) in [6, 6.07) is 4.29. The van der Waals surface area contributed by atoms with Crippen LogP contribution in [0.15, 0.2) is 36.2 Å². The zero-order valence-electron chi connectivity index (χ0n) is 22.3. The minimum atomic E-state index is -0.0944. The molecule has 1 N–H and O–H groups in total. The van der Waals surface area contributed by atoms with Gasteiger partial charge in [-0.3, -0.25) is 9.88 Å². The van der Waals surface area contributed by atoms with Gasteiger partial charge in [-0.05, 0) is 104 Å². The van der Waals surface area contributed by atoms with Gasteiger partial charge in [0, 0.05) is 50.8 Å². The minimum absolute atomic E-state index is 0.0944. The number of pyridine rings is 1. The summed E-state index contributed by atoms with van der Waals surface area (Å²) < 4.78 is 0. The van der Waals surface area contributed by atoms with Gasteiger partial charge in [0.2, 0.25) is 0 Å². The number of piperazine rings is 1. The van der Waals surface area contributed by atoms with E-state index < -0.39 is 0 Å². The number of fused-ring (bicyclic) bond motifs is 5. The fourth-order valence-electron chi connectivity index (χ4n) is 9.90. The zero-order chi connectivity index (χ0) is 24.2. The summed E-state index contributed by atoms with van der Waals surface area (Å²) in [6.45, 7) is 13.7. The molecule has 4 fully saturated rings. The lowest BCUT2D eigenvalue weighted by atomic mass is 9.47. The summed E-state index contributed by atoms with van der Waals surface area (Å²) in [4.78, 5) is 9.44. The maximum Gasteiger partial charge on any atom is 0.0577 e. The van der Waals surface area contributed by atoms with Crippen molar-refractivity contribution in [3.05, 3.63) is 36.2 Å². The monoisotopic (exact) mass is 477 g/mol. The lowest BCUT2D eigenvalue weighted by Gasteiger charge is -2.58. The van der Waals surface area contributed by atoms with Crippen LogP contribution in [0.1, 0.15) is 72.1 Å². The molecule has 6 rings (SSSR count). The van der Waals surface area contributed by atoms with Crippen LogP contribution in [-0.2, 0) is 0 Å². The zero-order valence-corrected chi connectivity index (χ0v) is 22.3. The predicted molar refractivity (Wildman–Crippen MR) is 143 cm³/mol. The van der Waals surface area contributed by atoms with E-state index in [4.69, 9.17) is 0 Å². The molecule has 1 aliphatic heterocycles. The molecule has 0 radical (unpaired) electrons. The fourth-order valence-corrected chi connectivity index (χ4v) is 9.90. The molecule has 3 saturated carbocycles. The second-order valence-electron chi connectivity index (χ2n) is 13.4. The Morgan fingerprint density at radius 1 is 1.00 bits per heavy atom. The second kappa shape index (κ2) is 9.17. The Bertz CT molecular complexity index is 924. The first-order valence-electron chi connectivity index (χ1n) is 14.6. The average Bonchev–Trinajstić information content (AvgIpc) is 3.23. The molecule has 0 aromatic carbocycles. The number of anilines is 1. The van der Waals surface area contributed by atoms with E-state index in [1.54, 1.807) is 5.57 Å². The quantitative estimate of drug-likeness (QED) is 0.558. The van der Waals surface area contributed by atoms with Crippen molar-refractivity contribution in [1.82, 2.24) is 9.88 Å². The van der Waals surface area contributed by atoms with Crippen molar-refractivity contribution in [2.24, 2.45) is 40.4 Å². The number of allylic oxidation sites excluding steroid dienone is 1. The summed E-state index contributed by atoms with van der Waals surface area (Å²) in [5.41, 5.74) is 3.81. The molecule has 4 heteroatoms. The summed E-state index contributed by atoms with van der Waals surface area (Å²) >= 11 is 0. The molecule has 1 aromatic heterocycles. The number of aromatic nitrogens is 1. The van der Waals surface area contributed by atoms with E-state index in [2.05, 4.69) is 53.8 Å². The maximum absolute atomic E-state index is 10.3. The van der Waals surface area contributed by atoms with Crippen LogP contribution in [0.25, 0.3) is 0 Å². The van der Waals surface area contributed by atoms with E-state index in [9.17, 15) is 5.11 Å². The van der Waals surface area contributed by atoms with Gasteiger partial charge >= 0.3 is 0 Å². The Labute approximate surface area is 213 Å². The highest BCUT2D eigenvalue weighted by Gasteiger charge is 2.59. The molecule has 0 amide bonds. The minimum Gasteiger partial charge on any atom is -0.393 e. The van der Waals surface area contributed by atoms with Crippen LogP contribution < -0.4 is 4.90 Å². The Kier molecular flexibility index (Phi) is 6.28. The normalized spacial score (nSPS) is 42.6. The topological polar surface area (TPSA) is 39.6 Å². The number of hydrogen-bond acceptors (Lipinski definition) is 4. The van der Waals surface area contributed by atoms with Gasteiger partial charge in [-0.25, -0.2) is 0 Å². The van der Waals surface area contributed by atoms with Gasteiger partial charge in [0.05, 0.1) is 6.10 Å². The van der Waals surface area contributed by atoms with Crippen molar-refractivity contribution >= 4 is 5.69 Å². The van der Waals surface area contributed by atoms with Gasteiger partial charge < -0.3 is 10.0 Å². The van der Waals surface area contributed by atoms with E-state index in [-0.39, 0.29) is 6.10 Å². The van der Waals surface area contributed by atoms with Crippen LogP contribution in [0.5, 0.6) is 0 Å². The van der Waals surface area contributed by atoms with Crippen LogP contribution in [0, 0.1) is 40.4 Å². The highest BCUT2D eigenvalue weighted by Crippen LogP contribution is 2.67. The summed E-state index contributed by atoms with van der Waals surface area (Å²) in [6.07, 6.45) is 16.5. The van der Waals surface area contributed by atoms with E-state index >= 15 is 0 Å². The largest absolute Gasteiger partial charge is 0.393 e. The predicted octanol–water partition coefficient (Wildman–Crippen LogP) is 5.78. The van der Waals surface area contributed by atoms with Gasteiger partial charge in [0.15, 0.2) is 0 Å². The Balaban J connectivity index is 1.10. The first-order valence-corrected chi connectivity index (χ1v) is 14.6. The lowest BCUT2D eigenvalue weighted by molar-refractivity contribution is -0.0585. The third-order valence-corrected chi connectivity index (χ3v) is 11.8. The molecule has 2 heterocycles. The molecule has 4 aliphatic carbocycles. The molecule has 35 heavy (non-hydrogen) atoms. The van der Waals surface area contributed by atoms with E-state index in [1.807, 2.05) is 12.4 Å². The van der Waals surface area contributed by atoms with Crippen LogP contribution in [0.4, 0.5) is 5.69 Å². The number of hydrogen-bond donors (Lipinski definition) is 1. The molecule has 1 saturated heterocycles. The van der Waals surface area contributed by atoms with Crippen LogP contribution in [-0.4, -0.2) is 53.8 Å².